The number of ether oxygens (including phenoxy) is 2. The molecule has 122 valence electrons. The molecule has 1 aliphatic heterocycles. The van der Waals surface area contributed by atoms with Crippen LogP contribution >= 0.6 is 0 Å². The molecule has 0 aromatic carbocycles. The van der Waals surface area contributed by atoms with Crippen molar-refractivity contribution in [2.45, 2.75) is 56.8 Å². The van der Waals surface area contributed by atoms with Crippen molar-refractivity contribution in [2.24, 2.45) is 0 Å². The number of unbranched alkanes of at least 4 members (excludes halogenated alkanes) is 2. The van der Waals surface area contributed by atoms with Gasteiger partial charge >= 0.3 is 0 Å². The quantitative estimate of drug-likeness (QED) is 0.311. The number of aliphatic hydroxyl groups excluding tert-OH is 3. The Morgan fingerprint density at radius 2 is 2.05 bits per heavy atom. The fraction of sp³-hybridized carbons (Fsp3) is 0.846. The second kappa shape index (κ2) is 9.06. The Hall–Kier alpha value is -1.06. The Labute approximate surface area is 123 Å². The molecule has 0 spiro atoms. The topological polar surface area (TPSA) is 125 Å². The first-order valence-electron chi connectivity index (χ1n) is 6.96. The van der Waals surface area contributed by atoms with Gasteiger partial charge < -0.3 is 34.9 Å². The molecular formula is C13H23NO7. The molecule has 8 nitrogen and oxygen atoms in total. The fourth-order valence-corrected chi connectivity index (χ4v) is 2.14. The first kappa shape index (κ1) is 18.0. The van der Waals surface area contributed by atoms with E-state index >= 15 is 0 Å². The minimum absolute atomic E-state index is 0.273. The normalized spacial score (nSPS) is 32.7. The molecule has 0 saturated carbocycles. The van der Waals surface area contributed by atoms with Crippen molar-refractivity contribution in [3.63, 3.8) is 0 Å². The van der Waals surface area contributed by atoms with Gasteiger partial charge in [0.25, 0.3) is 0 Å². The van der Waals surface area contributed by atoms with Gasteiger partial charge in [0.1, 0.15) is 30.6 Å². The van der Waals surface area contributed by atoms with Crippen LogP contribution in [0, 0.1) is 0 Å². The van der Waals surface area contributed by atoms with Crippen LogP contribution in [-0.2, 0) is 19.1 Å². The van der Waals surface area contributed by atoms with Gasteiger partial charge in [-0.3, -0.25) is 4.79 Å². The molecule has 8 heteroatoms. The van der Waals surface area contributed by atoms with Crippen LogP contribution in [0.1, 0.15) is 26.2 Å². The van der Waals surface area contributed by atoms with Crippen LogP contribution < -0.4 is 5.32 Å². The van der Waals surface area contributed by atoms with Gasteiger partial charge in [-0.05, 0) is 12.8 Å². The van der Waals surface area contributed by atoms with Crippen LogP contribution in [0.4, 0.5) is 0 Å². The minimum Gasteiger partial charge on any atom is -0.394 e. The maximum atomic E-state index is 11.2. The first-order chi connectivity index (χ1) is 10.0. The Bertz CT molecular complexity index is 338. The number of hydrogen-bond donors (Lipinski definition) is 4. The Morgan fingerprint density at radius 3 is 2.62 bits per heavy atom. The van der Waals surface area contributed by atoms with E-state index in [0.717, 1.165) is 6.29 Å². The molecule has 0 bridgehead atoms. The van der Waals surface area contributed by atoms with E-state index < -0.39 is 43.2 Å². The van der Waals surface area contributed by atoms with Crippen molar-refractivity contribution in [1.29, 1.82) is 0 Å². The standard InChI is InChI=1S/C13H23NO7/c1-8(17)14-10-12(19)11(18)9(7-16)21-13(10)20-6-4-2-3-5-15/h5,9-13,16,18-19H,2-4,6-7H2,1H3,(H,14,17)/t9-,10-,11-,12-,13-/m1/s1. The third-order valence-corrected chi connectivity index (χ3v) is 3.25. The van der Waals surface area contributed by atoms with Crippen molar-refractivity contribution >= 4 is 12.2 Å². The van der Waals surface area contributed by atoms with E-state index in [1.165, 1.54) is 6.92 Å². The monoisotopic (exact) mass is 305 g/mol. The van der Waals surface area contributed by atoms with Crippen LogP contribution in [0.5, 0.6) is 0 Å². The zero-order valence-electron chi connectivity index (χ0n) is 12.0. The lowest BCUT2D eigenvalue weighted by molar-refractivity contribution is -0.270. The maximum Gasteiger partial charge on any atom is 0.217 e. The Morgan fingerprint density at radius 1 is 1.33 bits per heavy atom. The third kappa shape index (κ3) is 5.33. The average molecular weight is 305 g/mol. The molecule has 0 aliphatic carbocycles. The highest BCUT2D eigenvalue weighted by Crippen LogP contribution is 2.22. The molecule has 1 heterocycles. The minimum atomic E-state index is -1.32. The van der Waals surface area contributed by atoms with Crippen molar-refractivity contribution < 1.29 is 34.4 Å². The molecule has 5 atom stereocenters. The molecule has 0 unspecified atom stereocenters. The molecule has 0 radical (unpaired) electrons. The summed E-state index contributed by atoms with van der Waals surface area (Å²) >= 11 is 0. The third-order valence-electron chi connectivity index (χ3n) is 3.25. The zero-order valence-corrected chi connectivity index (χ0v) is 12.0. The fourth-order valence-electron chi connectivity index (χ4n) is 2.14. The molecule has 0 aromatic rings. The van der Waals surface area contributed by atoms with E-state index in [0.29, 0.717) is 19.3 Å². The summed E-state index contributed by atoms with van der Waals surface area (Å²) in [4.78, 5) is 21.4. The number of carbonyl (C=O) groups excluding carboxylic acids is 2. The summed E-state index contributed by atoms with van der Waals surface area (Å²) in [5.41, 5.74) is 0. The van der Waals surface area contributed by atoms with Gasteiger partial charge in [-0.1, -0.05) is 0 Å². The maximum absolute atomic E-state index is 11.2. The Kier molecular flexibility index (Phi) is 7.76. The van der Waals surface area contributed by atoms with Crippen LogP contribution in [0.3, 0.4) is 0 Å². The molecular weight excluding hydrogens is 282 g/mol. The van der Waals surface area contributed by atoms with E-state index in [9.17, 15) is 19.8 Å². The molecule has 0 aromatic heterocycles. The van der Waals surface area contributed by atoms with Crippen molar-refractivity contribution in [1.82, 2.24) is 5.32 Å². The highest BCUT2D eigenvalue weighted by Gasteiger charge is 2.45. The number of amides is 1. The summed E-state index contributed by atoms with van der Waals surface area (Å²) in [7, 11) is 0. The van der Waals surface area contributed by atoms with Gasteiger partial charge in [0.15, 0.2) is 6.29 Å². The van der Waals surface area contributed by atoms with Crippen LogP contribution in [0.15, 0.2) is 0 Å². The largest absolute Gasteiger partial charge is 0.394 e. The predicted molar refractivity (Wildman–Crippen MR) is 71.2 cm³/mol. The summed E-state index contributed by atoms with van der Waals surface area (Å²) in [5.74, 6) is -0.396. The number of nitrogens with one attached hydrogen (secondary N) is 1. The number of carbonyl (C=O) groups is 2. The van der Waals surface area contributed by atoms with E-state index in [4.69, 9.17) is 14.6 Å². The SMILES string of the molecule is CC(=O)N[C@H]1[C@H](OCCCCC=O)O[C@H](CO)[C@@H](O)[C@@H]1O. The number of hydrogen-bond acceptors (Lipinski definition) is 7. The van der Waals surface area contributed by atoms with E-state index in [2.05, 4.69) is 5.32 Å². The van der Waals surface area contributed by atoms with E-state index in [1.54, 1.807) is 0 Å². The lowest BCUT2D eigenvalue weighted by Crippen LogP contribution is -2.64. The molecule has 1 amide bonds. The molecule has 1 saturated heterocycles. The summed E-state index contributed by atoms with van der Waals surface area (Å²) in [5, 5.41) is 31.4. The van der Waals surface area contributed by atoms with Gasteiger partial charge in [0, 0.05) is 20.0 Å². The summed E-state index contributed by atoms with van der Waals surface area (Å²) < 4.78 is 10.8. The van der Waals surface area contributed by atoms with Crippen molar-refractivity contribution in [3.8, 4) is 0 Å². The zero-order chi connectivity index (χ0) is 15.8. The molecule has 1 fully saturated rings. The van der Waals surface area contributed by atoms with Gasteiger partial charge in [-0.25, -0.2) is 0 Å². The van der Waals surface area contributed by atoms with Crippen LogP contribution in [0.2, 0.25) is 0 Å². The number of rotatable bonds is 8. The van der Waals surface area contributed by atoms with Gasteiger partial charge in [-0.2, -0.15) is 0 Å². The highest BCUT2D eigenvalue weighted by atomic mass is 16.7. The molecule has 21 heavy (non-hydrogen) atoms. The first-order valence-corrected chi connectivity index (χ1v) is 6.96. The number of aldehydes is 1. The lowest BCUT2D eigenvalue weighted by Gasteiger charge is -2.42. The predicted octanol–water partition coefficient (Wildman–Crippen LogP) is -1.68. The molecule has 4 N–H and O–H groups in total. The van der Waals surface area contributed by atoms with Crippen molar-refractivity contribution in [3.05, 3.63) is 0 Å². The van der Waals surface area contributed by atoms with Crippen molar-refractivity contribution in [2.75, 3.05) is 13.2 Å². The summed E-state index contributed by atoms with van der Waals surface area (Å²) in [6.45, 7) is 1.07. The lowest BCUT2D eigenvalue weighted by atomic mass is 9.97. The summed E-state index contributed by atoms with van der Waals surface area (Å²) in [6, 6.07) is -0.925. The van der Waals surface area contributed by atoms with Gasteiger partial charge in [-0.15, -0.1) is 0 Å². The molecule has 1 rings (SSSR count). The second-order valence-electron chi connectivity index (χ2n) is 4.97. The highest BCUT2D eigenvalue weighted by molar-refractivity contribution is 5.73. The van der Waals surface area contributed by atoms with E-state index in [1.807, 2.05) is 0 Å². The van der Waals surface area contributed by atoms with Gasteiger partial charge in [0.2, 0.25) is 5.91 Å². The molecule has 1 aliphatic rings. The van der Waals surface area contributed by atoms with Crippen LogP contribution in [0.25, 0.3) is 0 Å². The smallest absolute Gasteiger partial charge is 0.217 e. The number of aliphatic hydroxyl groups is 3. The summed E-state index contributed by atoms with van der Waals surface area (Å²) in [6.07, 6.45) is -2.04. The second-order valence-corrected chi connectivity index (χ2v) is 4.97. The average Bonchev–Trinajstić information content (AvgIpc) is 2.45. The van der Waals surface area contributed by atoms with Gasteiger partial charge in [0.05, 0.1) is 6.61 Å². The van der Waals surface area contributed by atoms with Crippen LogP contribution in [-0.4, -0.2) is 71.4 Å². The Balaban J connectivity index is 2.60. The van der Waals surface area contributed by atoms with E-state index in [-0.39, 0.29) is 6.61 Å².